The van der Waals surface area contributed by atoms with E-state index in [1.165, 1.54) is 6.42 Å². The van der Waals surface area contributed by atoms with E-state index in [0.717, 1.165) is 36.8 Å². The summed E-state index contributed by atoms with van der Waals surface area (Å²) in [6, 6.07) is 7.49. The van der Waals surface area contributed by atoms with Gasteiger partial charge in [-0.15, -0.1) is 0 Å². The van der Waals surface area contributed by atoms with Crippen molar-refractivity contribution in [3.8, 4) is 0 Å². The Morgan fingerprint density at radius 1 is 1.18 bits per heavy atom. The number of amides is 2. The van der Waals surface area contributed by atoms with Gasteiger partial charge in [-0.2, -0.15) is 5.10 Å². The molecule has 0 aliphatic carbocycles. The molecule has 0 radical (unpaired) electrons. The van der Waals surface area contributed by atoms with E-state index in [-0.39, 0.29) is 11.8 Å². The van der Waals surface area contributed by atoms with E-state index in [1.54, 1.807) is 0 Å². The van der Waals surface area contributed by atoms with Crippen LogP contribution in [0.3, 0.4) is 0 Å². The Kier molecular flexibility index (Phi) is 4.37. The maximum Gasteiger partial charge on any atom is 0.272 e. The van der Waals surface area contributed by atoms with Crippen LogP contribution in [0.15, 0.2) is 24.3 Å². The third-order valence-electron chi connectivity index (χ3n) is 4.02. The van der Waals surface area contributed by atoms with Gasteiger partial charge >= 0.3 is 0 Å². The number of piperidine rings is 1. The van der Waals surface area contributed by atoms with Crippen molar-refractivity contribution in [1.82, 2.24) is 20.4 Å². The van der Waals surface area contributed by atoms with E-state index >= 15 is 0 Å². The molecule has 3 rings (SSSR count). The fourth-order valence-corrected chi connectivity index (χ4v) is 2.80. The average molecular weight is 300 g/mol. The lowest BCUT2D eigenvalue weighted by atomic mass is 10.1. The van der Waals surface area contributed by atoms with Gasteiger partial charge in [0, 0.05) is 31.4 Å². The van der Waals surface area contributed by atoms with Gasteiger partial charge in [0.1, 0.15) is 0 Å². The first-order chi connectivity index (χ1) is 10.8. The third-order valence-corrected chi connectivity index (χ3v) is 4.02. The Morgan fingerprint density at radius 3 is 2.77 bits per heavy atom. The molecule has 22 heavy (non-hydrogen) atoms. The summed E-state index contributed by atoms with van der Waals surface area (Å²) in [5.41, 5.74) is 1.21. The second-order valence-electron chi connectivity index (χ2n) is 5.57. The molecule has 0 atom stereocenters. The van der Waals surface area contributed by atoms with Gasteiger partial charge < -0.3 is 10.2 Å². The van der Waals surface area contributed by atoms with Crippen LogP contribution in [-0.2, 0) is 4.79 Å². The zero-order valence-electron chi connectivity index (χ0n) is 12.5. The number of likely N-dealkylation sites (tertiary alicyclic amines) is 1. The lowest BCUT2D eigenvalue weighted by Gasteiger charge is -2.26. The first-order valence-corrected chi connectivity index (χ1v) is 7.75. The summed E-state index contributed by atoms with van der Waals surface area (Å²) < 4.78 is 0. The van der Waals surface area contributed by atoms with Gasteiger partial charge in [-0.25, -0.2) is 0 Å². The molecule has 2 heterocycles. The molecule has 1 saturated heterocycles. The molecule has 1 aliphatic rings. The molecule has 0 spiro atoms. The van der Waals surface area contributed by atoms with Crippen LogP contribution in [0.5, 0.6) is 0 Å². The minimum Gasteiger partial charge on any atom is -0.350 e. The summed E-state index contributed by atoms with van der Waals surface area (Å²) in [5.74, 6) is -0.129. The number of carbonyl (C=O) groups excluding carboxylic acids is 2. The first-order valence-electron chi connectivity index (χ1n) is 7.75. The first kappa shape index (κ1) is 14.6. The number of aromatic amines is 1. The van der Waals surface area contributed by atoms with Crippen molar-refractivity contribution in [2.45, 2.75) is 25.7 Å². The highest BCUT2D eigenvalue weighted by Gasteiger charge is 2.17. The molecule has 116 valence electrons. The van der Waals surface area contributed by atoms with Crippen LogP contribution in [0.1, 0.15) is 36.2 Å². The van der Waals surface area contributed by atoms with Gasteiger partial charge in [0.2, 0.25) is 5.91 Å². The van der Waals surface area contributed by atoms with Crippen LogP contribution in [0.25, 0.3) is 10.9 Å². The number of hydrogen-bond acceptors (Lipinski definition) is 3. The molecule has 0 unspecified atom stereocenters. The van der Waals surface area contributed by atoms with Crippen molar-refractivity contribution in [3.63, 3.8) is 0 Å². The van der Waals surface area contributed by atoms with Crippen molar-refractivity contribution < 1.29 is 9.59 Å². The summed E-state index contributed by atoms with van der Waals surface area (Å²) in [6.45, 7) is 2.03. The number of para-hydroxylation sites is 1. The Balaban J connectivity index is 1.53. The predicted octanol–water partition coefficient (Wildman–Crippen LogP) is 1.70. The Morgan fingerprint density at radius 2 is 1.95 bits per heavy atom. The number of H-pyrrole nitrogens is 1. The van der Waals surface area contributed by atoms with Gasteiger partial charge in [0.15, 0.2) is 5.69 Å². The quantitative estimate of drug-likeness (QED) is 0.902. The number of benzene rings is 1. The maximum absolute atomic E-state index is 12.2. The summed E-state index contributed by atoms with van der Waals surface area (Å²) in [7, 11) is 0. The number of rotatable bonds is 4. The molecule has 1 aromatic carbocycles. The van der Waals surface area contributed by atoms with Crippen LogP contribution >= 0.6 is 0 Å². The maximum atomic E-state index is 12.2. The van der Waals surface area contributed by atoms with Crippen LogP contribution in [0.4, 0.5) is 0 Å². The van der Waals surface area contributed by atoms with Crippen LogP contribution in [0, 0.1) is 0 Å². The number of carbonyl (C=O) groups is 2. The molecule has 0 bridgehead atoms. The zero-order valence-corrected chi connectivity index (χ0v) is 12.5. The Labute approximate surface area is 128 Å². The SMILES string of the molecule is O=C(NCCC(=O)N1CCCCC1)c1n[nH]c2ccccc12. The average Bonchev–Trinajstić information content (AvgIpc) is 2.99. The number of hydrogen-bond donors (Lipinski definition) is 2. The second-order valence-corrected chi connectivity index (χ2v) is 5.57. The van der Waals surface area contributed by atoms with Crippen molar-refractivity contribution >= 4 is 22.7 Å². The standard InChI is InChI=1S/C16H20N4O2/c21-14(20-10-4-1-5-11-20)8-9-17-16(22)15-12-6-2-3-7-13(12)18-19-15/h2-3,6-7H,1,4-5,8-11H2,(H,17,22)(H,18,19). The number of aromatic nitrogens is 2. The van der Waals surface area contributed by atoms with Gasteiger partial charge in [-0.3, -0.25) is 14.7 Å². The number of nitrogens with zero attached hydrogens (tertiary/aromatic N) is 2. The molecular weight excluding hydrogens is 280 g/mol. The highest BCUT2D eigenvalue weighted by atomic mass is 16.2. The molecule has 2 aromatic rings. The van der Waals surface area contributed by atoms with Gasteiger partial charge in [0.25, 0.3) is 5.91 Å². The molecule has 2 amide bonds. The Hall–Kier alpha value is -2.37. The highest BCUT2D eigenvalue weighted by molar-refractivity contribution is 6.04. The second kappa shape index (κ2) is 6.60. The van der Waals surface area contributed by atoms with Crippen molar-refractivity contribution in [2.24, 2.45) is 0 Å². The van der Waals surface area contributed by atoms with E-state index < -0.39 is 0 Å². The monoisotopic (exact) mass is 300 g/mol. The fraction of sp³-hybridized carbons (Fsp3) is 0.438. The number of nitrogens with one attached hydrogen (secondary N) is 2. The molecule has 1 aliphatic heterocycles. The summed E-state index contributed by atoms with van der Waals surface area (Å²) in [4.78, 5) is 26.1. The molecule has 6 nitrogen and oxygen atoms in total. The smallest absolute Gasteiger partial charge is 0.272 e. The van der Waals surface area contributed by atoms with E-state index in [9.17, 15) is 9.59 Å². The molecule has 1 aromatic heterocycles. The summed E-state index contributed by atoms with van der Waals surface area (Å²) in [5, 5.41) is 10.5. The minimum absolute atomic E-state index is 0.117. The normalized spacial score (nSPS) is 15.0. The summed E-state index contributed by atoms with van der Waals surface area (Å²) in [6.07, 6.45) is 3.70. The molecule has 1 fully saturated rings. The third kappa shape index (κ3) is 3.10. The zero-order chi connectivity index (χ0) is 15.4. The Bertz CT molecular complexity index is 674. The lowest BCUT2D eigenvalue weighted by Crippen LogP contribution is -2.37. The van der Waals surface area contributed by atoms with Crippen LogP contribution in [-0.4, -0.2) is 46.5 Å². The van der Waals surface area contributed by atoms with E-state index in [0.29, 0.717) is 18.7 Å². The fourth-order valence-electron chi connectivity index (χ4n) is 2.80. The van der Waals surface area contributed by atoms with E-state index in [2.05, 4.69) is 15.5 Å². The largest absolute Gasteiger partial charge is 0.350 e. The molecule has 6 heteroatoms. The molecule has 2 N–H and O–H groups in total. The molecule has 0 saturated carbocycles. The number of fused-ring (bicyclic) bond motifs is 1. The van der Waals surface area contributed by atoms with Gasteiger partial charge in [-0.05, 0) is 25.3 Å². The van der Waals surface area contributed by atoms with Crippen LogP contribution < -0.4 is 5.32 Å². The van der Waals surface area contributed by atoms with Crippen LogP contribution in [0.2, 0.25) is 0 Å². The van der Waals surface area contributed by atoms with Gasteiger partial charge in [-0.1, -0.05) is 18.2 Å². The minimum atomic E-state index is -0.246. The van der Waals surface area contributed by atoms with E-state index in [1.807, 2.05) is 29.2 Å². The lowest BCUT2D eigenvalue weighted by molar-refractivity contribution is -0.131. The van der Waals surface area contributed by atoms with Crippen molar-refractivity contribution in [1.29, 1.82) is 0 Å². The summed E-state index contributed by atoms with van der Waals surface area (Å²) >= 11 is 0. The highest BCUT2D eigenvalue weighted by Crippen LogP contribution is 2.14. The van der Waals surface area contributed by atoms with Crippen molar-refractivity contribution in [2.75, 3.05) is 19.6 Å². The van der Waals surface area contributed by atoms with E-state index in [4.69, 9.17) is 0 Å². The topological polar surface area (TPSA) is 78.1 Å². The van der Waals surface area contributed by atoms with Crippen molar-refractivity contribution in [3.05, 3.63) is 30.0 Å². The van der Waals surface area contributed by atoms with Gasteiger partial charge in [0.05, 0.1) is 5.52 Å². The molecular formula is C16H20N4O2. The predicted molar refractivity (Wildman–Crippen MR) is 83.5 cm³/mol.